The summed E-state index contributed by atoms with van der Waals surface area (Å²) in [7, 11) is 1.72. The molecule has 4 heteroatoms. The number of nitrogens with two attached hydrogens (primary N) is 1. The number of hydrogen-bond donors (Lipinski definition) is 2. The van der Waals surface area contributed by atoms with Crippen molar-refractivity contribution in [2.24, 2.45) is 5.84 Å². The lowest BCUT2D eigenvalue weighted by Crippen LogP contribution is -2.27. The van der Waals surface area contributed by atoms with E-state index in [0.717, 1.165) is 19.4 Å². The van der Waals surface area contributed by atoms with Crippen LogP contribution in [0.4, 0.5) is 0 Å². The normalized spacial score (nSPS) is 13.1. The summed E-state index contributed by atoms with van der Waals surface area (Å²) in [6, 6.07) is 2.44. The van der Waals surface area contributed by atoms with Gasteiger partial charge < -0.3 is 4.74 Å². The van der Waals surface area contributed by atoms with Gasteiger partial charge in [0.05, 0.1) is 0 Å². The molecular weight excluding hydrogens is 196 g/mol. The number of thiophene rings is 1. The Kier molecular flexibility index (Phi) is 5.11. The van der Waals surface area contributed by atoms with Crippen molar-refractivity contribution in [3.63, 3.8) is 0 Å². The minimum absolute atomic E-state index is 0.259. The zero-order valence-corrected chi connectivity index (χ0v) is 9.56. The average molecular weight is 214 g/mol. The van der Waals surface area contributed by atoms with Crippen LogP contribution in [0.2, 0.25) is 0 Å². The van der Waals surface area contributed by atoms with Gasteiger partial charge >= 0.3 is 0 Å². The molecule has 1 unspecified atom stereocenters. The number of methoxy groups -OCH3 is 1. The van der Waals surface area contributed by atoms with Crippen molar-refractivity contribution >= 4 is 11.3 Å². The molecule has 0 amide bonds. The minimum Gasteiger partial charge on any atom is -0.385 e. The van der Waals surface area contributed by atoms with Gasteiger partial charge in [0.2, 0.25) is 0 Å². The van der Waals surface area contributed by atoms with Gasteiger partial charge in [-0.3, -0.25) is 11.3 Å². The summed E-state index contributed by atoms with van der Waals surface area (Å²) >= 11 is 1.76. The maximum absolute atomic E-state index is 5.51. The van der Waals surface area contributed by atoms with Crippen molar-refractivity contribution < 1.29 is 4.74 Å². The maximum atomic E-state index is 5.51. The molecule has 0 aliphatic heterocycles. The molecule has 1 atom stereocenters. The molecular formula is C10H18N2OS. The van der Waals surface area contributed by atoms with Crippen LogP contribution in [0.3, 0.4) is 0 Å². The highest BCUT2D eigenvalue weighted by Crippen LogP contribution is 2.23. The number of hydrogen-bond acceptors (Lipinski definition) is 4. The largest absolute Gasteiger partial charge is 0.385 e. The number of nitrogens with one attached hydrogen (secondary N) is 1. The fourth-order valence-corrected chi connectivity index (χ4v) is 2.18. The first-order chi connectivity index (χ1) is 6.77. The monoisotopic (exact) mass is 214 g/mol. The molecule has 0 aromatic carbocycles. The Balaban J connectivity index is 2.45. The predicted molar refractivity (Wildman–Crippen MR) is 60.2 cm³/mol. The highest BCUT2D eigenvalue weighted by Gasteiger charge is 2.10. The Hall–Kier alpha value is -0.420. The topological polar surface area (TPSA) is 47.3 Å². The second-order valence-electron chi connectivity index (χ2n) is 3.34. The quantitative estimate of drug-likeness (QED) is 0.432. The van der Waals surface area contributed by atoms with E-state index in [2.05, 4.69) is 23.8 Å². The first-order valence-electron chi connectivity index (χ1n) is 4.78. The SMILES string of the molecule is COCCCC(NN)c1csc(C)c1. The zero-order chi connectivity index (χ0) is 10.4. The number of ether oxygens (including phenoxy) is 1. The van der Waals surface area contributed by atoms with Crippen LogP contribution in [-0.4, -0.2) is 13.7 Å². The first-order valence-corrected chi connectivity index (χ1v) is 5.66. The highest BCUT2D eigenvalue weighted by molar-refractivity contribution is 7.10. The molecule has 80 valence electrons. The average Bonchev–Trinajstić information content (AvgIpc) is 2.60. The second kappa shape index (κ2) is 6.14. The second-order valence-corrected chi connectivity index (χ2v) is 4.46. The van der Waals surface area contributed by atoms with E-state index in [-0.39, 0.29) is 6.04 Å². The van der Waals surface area contributed by atoms with Gasteiger partial charge in [-0.05, 0) is 36.8 Å². The molecule has 0 aliphatic rings. The lowest BCUT2D eigenvalue weighted by atomic mass is 10.1. The summed E-state index contributed by atoms with van der Waals surface area (Å²) in [6.45, 7) is 2.90. The van der Waals surface area contributed by atoms with Gasteiger partial charge in [0.15, 0.2) is 0 Å². The summed E-state index contributed by atoms with van der Waals surface area (Å²) in [5.74, 6) is 5.51. The van der Waals surface area contributed by atoms with Crippen LogP contribution in [0.15, 0.2) is 11.4 Å². The zero-order valence-electron chi connectivity index (χ0n) is 8.75. The molecule has 0 radical (unpaired) electrons. The van der Waals surface area contributed by atoms with E-state index >= 15 is 0 Å². The van der Waals surface area contributed by atoms with Crippen LogP contribution < -0.4 is 11.3 Å². The third kappa shape index (κ3) is 3.38. The maximum Gasteiger partial charge on any atom is 0.0469 e. The number of rotatable bonds is 6. The van der Waals surface area contributed by atoms with Gasteiger partial charge in [-0.15, -0.1) is 11.3 Å². The molecule has 0 aliphatic carbocycles. The van der Waals surface area contributed by atoms with Crippen LogP contribution in [0.25, 0.3) is 0 Å². The van der Waals surface area contributed by atoms with Crippen molar-refractivity contribution in [2.45, 2.75) is 25.8 Å². The Labute approximate surface area is 89.2 Å². The minimum atomic E-state index is 0.259. The summed E-state index contributed by atoms with van der Waals surface area (Å²) in [6.07, 6.45) is 2.04. The molecule has 1 aromatic heterocycles. The van der Waals surface area contributed by atoms with Gasteiger partial charge in [-0.2, -0.15) is 0 Å². The fourth-order valence-electron chi connectivity index (χ4n) is 1.42. The van der Waals surface area contributed by atoms with Gasteiger partial charge in [-0.25, -0.2) is 0 Å². The third-order valence-electron chi connectivity index (χ3n) is 2.20. The Morgan fingerprint density at radius 1 is 1.64 bits per heavy atom. The van der Waals surface area contributed by atoms with Crippen LogP contribution in [0.1, 0.15) is 29.3 Å². The third-order valence-corrected chi connectivity index (χ3v) is 3.08. The fraction of sp³-hybridized carbons (Fsp3) is 0.600. The molecule has 0 fully saturated rings. The Morgan fingerprint density at radius 2 is 2.43 bits per heavy atom. The van der Waals surface area contributed by atoms with Crippen molar-refractivity contribution in [2.75, 3.05) is 13.7 Å². The van der Waals surface area contributed by atoms with Crippen molar-refractivity contribution in [3.05, 3.63) is 21.9 Å². The van der Waals surface area contributed by atoms with Gasteiger partial charge in [0.1, 0.15) is 0 Å². The highest BCUT2D eigenvalue weighted by atomic mass is 32.1. The van der Waals surface area contributed by atoms with E-state index in [1.807, 2.05) is 0 Å². The lowest BCUT2D eigenvalue weighted by Gasteiger charge is -2.13. The summed E-state index contributed by atoms with van der Waals surface area (Å²) in [4.78, 5) is 1.33. The smallest absolute Gasteiger partial charge is 0.0469 e. The Bertz CT molecular complexity index is 262. The van der Waals surface area contributed by atoms with Crippen LogP contribution in [0.5, 0.6) is 0 Å². The van der Waals surface area contributed by atoms with E-state index in [1.54, 1.807) is 18.4 Å². The summed E-state index contributed by atoms with van der Waals surface area (Å²) in [5.41, 5.74) is 4.13. The predicted octanol–water partition coefficient (Wildman–Crippen LogP) is 1.99. The molecule has 0 bridgehead atoms. The van der Waals surface area contributed by atoms with E-state index < -0.39 is 0 Å². The number of hydrazine groups is 1. The molecule has 0 saturated carbocycles. The van der Waals surface area contributed by atoms with Gasteiger partial charge in [-0.1, -0.05) is 0 Å². The van der Waals surface area contributed by atoms with Gasteiger partial charge in [0, 0.05) is 24.6 Å². The van der Waals surface area contributed by atoms with Crippen molar-refractivity contribution in [1.82, 2.24) is 5.43 Å². The van der Waals surface area contributed by atoms with Crippen molar-refractivity contribution in [1.29, 1.82) is 0 Å². The van der Waals surface area contributed by atoms with Crippen molar-refractivity contribution in [3.8, 4) is 0 Å². The molecule has 1 rings (SSSR count). The lowest BCUT2D eigenvalue weighted by molar-refractivity contribution is 0.189. The number of aryl methyl sites for hydroxylation is 1. The molecule has 14 heavy (non-hydrogen) atoms. The molecule has 1 aromatic rings. The van der Waals surface area contributed by atoms with E-state index in [9.17, 15) is 0 Å². The first kappa shape index (κ1) is 11.7. The molecule has 3 nitrogen and oxygen atoms in total. The summed E-state index contributed by atoms with van der Waals surface area (Å²) in [5, 5.41) is 2.16. The Morgan fingerprint density at radius 3 is 2.93 bits per heavy atom. The molecule has 3 N–H and O–H groups in total. The van der Waals surface area contributed by atoms with Crippen LogP contribution >= 0.6 is 11.3 Å². The van der Waals surface area contributed by atoms with E-state index in [0.29, 0.717) is 0 Å². The summed E-state index contributed by atoms with van der Waals surface area (Å²) < 4.78 is 5.01. The van der Waals surface area contributed by atoms with E-state index in [4.69, 9.17) is 10.6 Å². The van der Waals surface area contributed by atoms with Gasteiger partial charge in [0.25, 0.3) is 0 Å². The standard InChI is InChI=1S/C10H18N2OS/c1-8-6-9(7-14-8)10(12-11)4-3-5-13-2/h6-7,10,12H,3-5,11H2,1-2H3. The van der Waals surface area contributed by atoms with E-state index in [1.165, 1.54) is 10.4 Å². The molecule has 0 spiro atoms. The molecule has 0 saturated heterocycles. The van der Waals surface area contributed by atoms with Crippen LogP contribution in [-0.2, 0) is 4.74 Å². The molecule has 1 heterocycles. The van der Waals surface area contributed by atoms with Crippen LogP contribution in [0, 0.1) is 6.92 Å².